The molecule has 1 unspecified atom stereocenters. The molecule has 0 aromatic carbocycles. The Labute approximate surface area is 80.0 Å². The van der Waals surface area contributed by atoms with Crippen molar-refractivity contribution in [2.24, 2.45) is 0 Å². The first kappa shape index (κ1) is 10.5. The number of likely N-dealkylation sites (tertiary alicyclic amines) is 1. The van der Waals surface area contributed by atoms with Crippen molar-refractivity contribution in [1.82, 2.24) is 4.90 Å². The largest absolute Gasteiger partial charge is 0.393 e. The molecule has 13 heavy (non-hydrogen) atoms. The van der Waals surface area contributed by atoms with Gasteiger partial charge in [0.15, 0.2) is 0 Å². The first-order valence-corrected chi connectivity index (χ1v) is 5.07. The molecule has 1 rings (SSSR count). The van der Waals surface area contributed by atoms with Crippen LogP contribution in [0.2, 0.25) is 0 Å². The van der Waals surface area contributed by atoms with Crippen molar-refractivity contribution in [2.45, 2.75) is 44.8 Å². The smallest absolute Gasteiger partial charge is 0.0638 e. The van der Waals surface area contributed by atoms with Crippen molar-refractivity contribution >= 4 is 0 Å². The maximum Gasteiger partial charge on any atom is 0.0638 e. The second-order valence-corrected chi connectivity index (χ2v) is 3.69. The van der Waals surface area contributed by atoms with Gasteiger partial charge in [0.25, 0.3) is 0 Å². The molecule has 0 aliphatic carbocycles. The number of aliphatic hydroxyl groups excluding tert-OH is 1. The molecule has 1 heterocycles. The predicted molar refractivity (Wildman–Crippen MR) is 51.1 cm³/mol. The third-order valence-electron chi connectivity index (χ3n) is 2.81. The zero-order valence-corrected chi connectivity index (χ0v) is 8.24. The van der Waals surface area contributed by atoms with Crippen LogP contribution in [0.4, 0.5) is 0 Å². The molecule has 1 aliphatic heterocycles. The van der Waals surface area contributed by atoms with Crippen LogP contribution in [0.25, 0.3) is 0 Å². The van der Waals surface area contributed by atoms with Crippen LogP contribution < -0.4 is 0 Å². The monoisotopic (exact) mass is 182 g/mol. The van der Waals surface area contributed by atoms with Gasteiger partial charge in [-0.1, -0.05) is 6.92 Å². The zero-order chi connectivity index (χ0) is 9.68. The molecular formula is C10H18N2O. The van der Waals surface area contributed by atoms with Crippen LogP contribution in [0, 0.1) is 11.3 Å². The van der Waals surface area contributed by atoms with Crippen molar-refractivity contribution < 1.29 is 5.11 Å². The van der Waals surface area contributed by atoms with Gasteiger partial charge in [0.1, 0.15) is 0 Å². The van der Waals surface area contributed by atoms with Crippen LogP contribution in [0.5, 0.6) is 0 Å². The summed E-state index contributed by atoms with van der Waals surface area (Å²) < 4.78 is 0. The predicted octanol–water partition coefficient (Wildman–Crippen LogP) is 1.14. The maximum absolute atomic E-state index is 9.32. The van der Waals surface area contributed by atoms with Crippen LogP contribution >= 0.6 is 0 Å². The minimum atomic E-state index is -0.115. The first-order chi connectivity index (χ1) is 6.27. The van der Waals surface area contributed by atoms with Gasteiger partial charge in [-0.05, 0) is 19.3 Å². The minimum Gasteiger partial charge on any atom is -0.393 e. The normalized spacial score (nSPS) is 22.5. The van der Waals surface area contributed by atoms with Crippen LogP contribution in [0.3, 0.4) is 0 Å². The van der Waals surface area contributed by atoms with E-state index in [-0.39, 0.29) is 6.10 Å². The standard InChI is InChI=1S/C10H18N2O/c1-2-9(3-6-11)12-7-4-10(13)5-8-12/h9-10,13H,2-5,7-8H2,1H3. The molecule has 0 radical (unpaired) electrons. The van der Waals surface area contributed by atoms with Gasteiger partial charge in [0, 0.05) is 19.1 Å². The Hall–Kier alpha value is -0.590. The van der Waals surface area contributed by atoms with Gasteiger partial charge in [0.05, 0.1) is 18.6 Å². The Morgan fingerprint density at radius 1 is 1.54 bits per heavy atom. The van der Waals surface area contributed by atoms with Crippen molar-refractivity contribution in [3.8, 4) is 6.07 Å². The Morgan fingerprint density at radius 2 is 2.15 bits per heavy atom. The number of piperidine rings is 1. The van der Waals surface area contributed by atoms with Crippen LogP contribution in [-0.2, 0) is 0 Å². The van der Waals surface area contributed by atoms with Gasteiger partial charge in [0.2, 0.25) is 0 Å². The van der Waals surface area contributed by atoms with Gasteiger partial charge in [-0.15, -0.1) is 0 Å². The van der Waals surface area contributed by atoms with E-state index in [2.05, 4.69) is 17.9 Å². The summed E-state index contributed by atoms with van der Waals surface area (Å²) >= 11 is 0. The highest BCUT2D eigenvalue weighted by molar-refractivity contribution is 4.84. The average molecular weight is 182 g/mol. The van der Waals surface area contributed by atoms with Crippen LogP contribution in [0.15, 0.2) is 0 Å². The van der Waals surface area contributed by atoms with Crippen LogP contribution in [-0.4, -0.2) is 35.2 Å². The lowest BCUT2D eigenvalue weighted by atomic mass is 10.0. The highest BCUT2D eigenvalue weighted by Gasteiger charge is 2.22. The van der Waals surface area contributed by atoms with Crippen molar-refractivity contribution in [3.05, 3.63) is 0 Å². The fraction of sp³-hybridized carbons (Fsp3) is 0.900. The van der Waals surface area contributed by atoms with E-state index in [4.69, 9.17) is 5.26 Å². The van der Waals surface area contributed by atoms with Crippen molar-refractivity contribution in [3.63, 3.8) is 0 Å². The number of hydrogen-bond acceptors (Lipinski definition) is 3. The highest BCUT2D eigenvalue weighted by atomic mass is 16.3. The quantitative estimate of drug-likeness (QED) is 0.712. The number of hydrogen-bond donors (Lipinski definition) is 1. The highest BCUT2D eigenvalue weighted by Crippen LogP contribution is 2.16. The fourth-order valence-corrected chi connectivity index (χ4v) is 1.89. The lowest BCUT2D eigenvalue weighted by Gasteiger charge is -2.34. The minimum absolute atomic E-state index is 0.115. The molecule has 0 spiro atoms. The lowest BCUT2D eigenvalue weighted by Crippen LogP contribution is -2.42. The summed E-state index contributed by atoms with van der Waals surface area (Å²) in [6.45, 7) is 4.01. The number of rotatable bonds is 3. The summed E-state index contributed by atoms with van der Waals surface area (Å²) in [5, 5.41) is 17.9. The number of nitrogens with zero attached hydrogens (tertiary/aromatic N) is 2. The second-order valence-electron chi connectivity index (χ2n) is 3.69. The molecule has 0 amide bonds. The van der Waals surface area contributed by atoms with E-state index in [1.165, 1.54) is 0 Å². The maximum atomic E-state index is 9.32. The third kappa shape index (κ3) is 2.98. The summed E-state index contributed by atoms with van der Waals surface area (Å²) in [5.41, 5.74) is 0. The van der Waals surface area contributed by atoms with Crippen molar-refractivity contribution in [1.29, 1.82) is 5.26 Å². The summed E-state index contributed by atoms with van der Waals surface area (Å²) in [6, 6.07) is 2.62. The molecule has 74 valence electrons. The van der Waals surface area contributed by atoms with Crippen LogP contribution in [0.1, 0.15) is 32.6 Å². The van der Waals surface area contributed by atoms with Gasteiger partial charge >= 0.3 is 0 Å². The van der Waals surface area contributed by atoms with E-state index in [0.29, 0.717) is 12.5 Å². The third-order valence-corrected chi connectivity index (χ3v) is 2.81. The molecule has 0 saturated carbocycles. The summed E-state index contributed by atoms with van der Waals surface area (Å²) in [6.07, 6.45) is 3.26. The van der Waals surface area contributed by atoms with E-state index in [0.717, 1.165) is 32.4 Å². The lowest BCUT2D eigenvalue weighted by molar-refractivity contribution is 0.0606. The Balaban J connectivity index is 2.37. The van der Waals surface area contributed by atoms with E-state index >= 15 is 0 Å². The molecule has 1 saturated heterocycles. The first-order valence-electron chi connectivity index (χ1n) is 5.07. The average Bonchev–Trinajstić information content (AvgIpc) is 2.16. The summed E-state index contributed by atoms with van der Waals surface area (Å²) in [4.78, 5) is 2.33. The molecule has 0 bridgehead atoms. The fourth-order valence-electron chi connectivity index (χ4n) is 1.89. The summed E-state index contributed by atoms with van der Waals surface area (Å²) in [5.74, 6) is 0. The molecule has 0 aromatic heterocycles. The van der Waals surface area contributed by atoms with Gasteiger partial charge in [-0.3, -0.25) is 4.90 Å². The van der Waals surface area contributed by atoms with Gasteiger partial charge < -0.3 is 5.11 Å². The van der Waals surface area contributed by atoms with Gasteiger partial charge in [-0.25, -0.2) is 0 Å². The molecule has 0 aromatic rings. The molecule has 1 N–H and O–H groups in total. The topological polar surface area (TPSA) is 47.3 Å². The molecular weight excluding hydrogens is 164 g/mol. The van der Waals surface area contributed by atoms with E-state index < -0.39 is 0 Å². The Kier molecular flexibility index (Phi) is 4.20. The number of aliphatic hydroxyl groups is 1. The van der Waals surface area contributed by atoms with E-state index in [1.54, 1.807) is 0 Å². The van der Waals surface area contributed by atoms with E-state index in [9.17, 15) is 5.11 Å². The summed E-state index contributed by atoms with van der Waals surface area (Å²) in [7, 11) is 0. The Bertz CT molecular complexity index is 180. The molecule has 1 aliphatic rings. The number of nitriles is 1. The van der Waals surface area contributed by atoms with Gasteiger partial charge in [-0.2, -0.15) is 5.26 Å². The Morgan fingerprint density at radius 3 is 2.62 bits per heavy atom. The zero-order valence-electron chi connectivity index (χ0n) is 8.24. The SMILES string of the molecule is CCC(CC#N)N1CCC(O)CC1. The molecule has 1 fully saturated rings. The second kappa shape index (κ2) is 5.21. The van der Waals surface area contributed by atoms with Crippen molar-refractivity contribution in [2.75, 3.05) is 13.1 Å². The van der Waals surface area contributed by atoms with E-state index in [1.807, 2.05) is 0 Å². The molecule has 3 heteroatoms. The molecule has 1 atom stereocenters. The molecule has 3 nitrogen and oxygen atoms in total.